The fourth-order valence-corrected chi connectivity index (χ4v) is 1.88. The fraction of sp³-hybridized carbons (Fsp3) is 0.231. The summed E-state index contributed by atoms with van der Waals surface area (Å²) < 4.78 is 6.28. The van der Waals surface area contributed by atoms with Crippen LogP contribution in [0.5, 0.6) is 0 Å². The standard InChI is InChI=1S/C13H13BrN2O2/c1-9-3-4-11(18-9)8-13(17)16(2)12-7-10(14)5-6-15-12/h3-7H,8H2,1-2H3. The molecule has 2 heterocycles. The number of halogens is 1. The molecule has 1 amide bonds. The highest BCUT2D eigenvalue weighted by atomic mass is 79.9. The van der Waals surface area contributed by atoms with Crippen LogP contribution in [-0.4, -0.2) is 17.9 Å². The number of pyridine rings is 1. The number of rotatable bonds is 3. The Morgan fingerprint density at radius 3 is 2.83 bits per heavy atom. The summed E-state index contributed by atoms with van der Waals surface area (Å²) in [6.45, 7) is 1.85. The van der Waals surface area contributed by atoms with Crippen molar-refractivity contribution >= 4 is 27.7 Å². The van der Waals surface area contributed by atoms with Gasteiger partial charge in [-0.1, -0.05) is 15.9 Å². The maximum atomic E-state index is 12.0. The van der Waals surface area contributed by atoms with Crippen LogP contribution in [0, 0.1) is 6.92 Å². The molecule has 5 heteroatoms. The summed E-state index contributed by atoms with van der Waals surface area (Å²) in [4.78, 5) is 17.7. The molecule has 0 aromatic carbocycles. The molecule has 0 aliphatic rings. The van der Waals surface area contributed by atoms with Crippen molar-refractivity contribution in [1.29, 1.82) is 0 Å². The highest BCUT2D eigenvalue weighted by Crippen LogP contribution is 2.17. The van der Waals surface area contributed by atoms with E-state index in [4.69, 9.17) is 4.42 Å². The average Bonchev–Trinajstić information content (AvgIpc) is 2.73. The number of amides is 1. The maximum Gasteiger partial charge on any atom is 0.235 e. The molecule has 2 aromatic heterocycles. The summed E-state index contributed by atoms with van der Waals surface area (Å²) in [5.41, 5.74) is 0. The Labute approximate surface area is 114 Å². The van der Waals surface area contributed by atoms with Crippen molar-refractivity contribution in [2.75, 3.05) is 11.9 Å². The van der Waals surface area contributed by atoms with E-state index in [2.05, 4.69) is 20.9 Å². The van der Waals surface area contributed by atoms with E-state index in [0.29, 0.717) is 11.6 Å². The Balaban J connectivity index is 2.09. The van der Waals surface area contributed by atoms with Gasteiger partial charge in [-0.05, 0) is 31.2 Å². The van der Waals surface area contributed by atoms with Gasteiger partial charge in [-0.15, -0.1) is 0 Å². The van der Waals surface area contributed by atoms with Gasteiger partial charge in [0.15, 0.2) is 0 Å². The van der Waals surface area contributed by atoms with Crippen LogP contribution in [0.15, 0.2) is 39.4 Å². The fourth-order valence-electron chi connectivity index (χ4n) is 1.55. The number of nitrogens with zero attached hydrogens (tertiary/aromatic N) is 2. The largest absolute Gasteiger partial charge is 0.466 e. The van der Waals surface area contributed by atoms with Crippen LogP contribution in [0.1, 0.15) is 11.5 Å². The molecule has 18 heavy (non-hydrogen) atoms. The number of carbonyl (C=O) groups is 1. The number of anilines is 1. The first-order valence-electron chi connectivity index (χ1n) is 5.49. The Kier molecular flexibility index (Phi) is 3.81. The van der Waals surface area contributed by atoms with E-state index in [-0.39, 0.29) is 12.3 Å². The second-order valence-electron chi connectivity index (χ2n) is 3.97. The number of aromatic nitrogens is 1. The van der Waals surface area contributed by atoms with Crippen molar-refractivity contribution in [1.82, 2.24) is 4.98 Å². The van der Waals surface area contributed by atoms with Crippen molar-refractivity contribution < 1.29 is 9.21 Å². The third-order valence-corrected chi connectivity index (χ3v) is 3.04. The van der Waals surface area contributed by atoms with Gasteiger partial charge in [-0.25, -0.2) is 4.98 Å². The molecule has 0 spiro atoms. The quantitative estimate of drug-likeness (QED) is 0.876. The molecule has 0 fully saturated rings. The molecule has 2 aromatic rings. The number of aryl methyl sites for hydroxylation is 1. The molecule has 0 N–H and O–H groups in total. The van der Waals surface area contributed by atoms with Gasteiger partial charge in [0.2, 0.25) is 5.91 Å². The van der Waals surface area contributed by atoms with Crippen LogP contribution in [0.25, 0.3) is 0 Å². The molecule has 0 bridgehead atoms. The predicted octanol–water partition coefficient (Wildman–Crippen LogP) is 2.95. The lowest BCUT2D eigenvalue weighted by atomic mass is 10.3. The highest BCUT2D eigenvalue weighted by molar-refractivity contribution is 9.10. The molecule has 4 nitrogen and oxygen atoms in total. The molecular formula is C13H13BrN2O2. The lowest BCUT2D eigenvalue weighted by molar-refractivity contribution is -0.117. The predicted molar refractivity (Wildman–Crippen MR) is 72.5 cm³/mol. The Hall–Kier alpha value is -1.62. The van der Waals surface area contributed by atoms with Crippen LogP contribution in [-0.2, 0) is 11.2 Å². The smallest absolute Gasteiger partial charge is 0.235 e. The van der Waals surface area contributed by atoms with E-state index in [1.807, 2.05) is 25.1 Å². The minimum Gasteiger partial charge on any atom is -0.466 e. The minimum absolute atomic E-state index is 0.0602. The van der Waals surface area contributed by atoms with E-state index in [0.717, 1.165) is 10.2 Å². The molecule has 94 valence electrons. The SMILES string of the molecule is Cc1ccc(CC(=O)N(C)c2cc(Br)ccn2)o1. The van der Waals surface area contributed by atoms with E-state index in [1.165, 1.54) is 4.90 Å². The summed E-state index contributed by atoms with van der Waals surface area (Å²) in [5.74, 6) is 2.02. The summed E-state index contributed by atoms with van der Waals surface area (Å²) in [6, 6.07) is 7.28. The van der Waals surface area contributed by atoms with Crippen molar-refractivity contribution in [3.05, 3.63) is 46.5 Å². The normalized spacial score (nSPS) is 10.4. The molecule has 0 unspecified atom stereocenters. The van der Waals surface area contributed by atoms with E-state index < -0.39 is 0 Å². The first-order valence-corrected chi connectivity index (χ1v) is 6.29. The van der Waals surface area contributed by atoms with Crippen molar-refractivity contribution in [2.24, 2.45) is 0 Å². The summed E-state index contributed by atoms with van der Waals surface area (Å²) in [6.07, 6.45) is 1.89. The van der Waals surface area contributed by atoms with Gasteiger partial charge in [0.05, 0.1) is 6.42 Å². The molecule has 2 rings (SSSR count). The second-order valence-corrected chi connectivity index (χ2v) is 4.89. The monoisotopic (exact) mass is 308 g/mol. The van der Waals surface area contributed by atoms with Crippen LogP contribution >= 0.6 is 15.9 Å². The zero-order chi connectivity index (χ0) is 13.1. The van der Waals surface area contributed by atoms with Crippen LogP contribution in [0.4, 0.5) is 5.82 Å². The maximum absolute atomic E-state index is 12.0. The lowest BCUT2D eigenvalue weighted by Gasteiger charge is -2.15. The number of likely N-dealkylation sites (N-methyl/N-ethyl adjacent to an activating group) is 1. The number of hydrogen-bond acceptors (Lipinski definition) is 3. The zero-order valence-electron chi connectivity index (χ0n) is 10.2. The Morgan fingerprint density at radius 1 is 1.44 bits per heavy atom. The Morgan fingerprint density at radius 2 is 2.22 bits per heavy atom. The molecule has 0 saturated carbocycles. The van der Waals surface area contributed by atoms with Crippen molar-refractivity contribution in [3.8, 4) is 0 Å². The first kappa shape index (κ1) is 12.8. The van der Waals surface area contributed by atoms with Crippen molar-refractivity contribution in [3.63, 3.8) is 0 Å². The third kappa shape index (κ3) is 2.98. The Bertz CT molecular complexity index is 566. The van der Waals surface area contributed by atoms with Crippen molar-refractivity contribution in [2.45, 2.75) is 13.3 Å². The zero-order valence-corrected chi connectivity index (χ0v) is 11.8. The van der Waals surface area contributed by atoms with Crippen LogP contribution in [0.3, 0.4) is 0 Å². The van der Waals surface area contributed by atoms with Gasteiger partial charge in [0.1, 0.15) is 17.3 Å². The lowest BCUT2D eigenvalue weighted by Crippen LogP contribution is -2.28. The van der Waals surface area contributed by atoms with Crippen LogP contribution < -0.4 is 4.90 Å². The number of carbonyl (C=O) groups excluding carboxylic acids is 1. The van der Waals surface area contributed by atoms with Gasteiger partial charge in [-0.3, -0.25) is 9.69 Å². The molecule has 0 aliphatic heterocycles. The molecular weight excluding hydrogens is 296 g/mol. The third-order valence-electron chi connectivity index (χ3n) is 2.55. The molecule has 0 saturated heterocycles. The molecule has 0 atom stereocenters. The topological polar surface area (TPSA) is 46.3 Å². The van der Waals surface area contributed by atoms with E-state index in [9.17, 15) is 4.79 Å². The molecule has 0 aliphatic carbocycles. The molecule has 0 radical (unpaired) electrons. The van der Waals surface area contributed by atoms with Gasteiger partial charge in [-0.2, -0.15) is 0 Å². The second kappa shape index (κ2) is 5.35. The summed E-state index contributed by atoms with van der Waals surface area (Å²) in [5, 5.41) is 0. The number of furan rings is 1. The van der Waals surface area contributed by atoms with Gasteiger partial charge in [0, 0.05) is 17.7 Å². The van der Waals surface area contributed by atoms with E-state index >= 15 is 0 Å². The van der Waals surface area contributed by atoms with Crippen LogP contribution in [0.2, 0.25) is 0 Å². The van der Waals surface area contributed by atoms with Gasteiger partial charge < -0.3 is 4.42 Å². The minimum atomic E-state index is -0.0602. The summed E-state index contributed by atoms with van der Waals surface area (Å²) >= 11 is 3.35. The average molecular weight is 309 g/mol. The summed E-state index contributed by atoms with van der Waals surface area (Å²) in [7, 11) is 1.70. The number of hydrogen-bond donors (Lipinski definition) is 0. The van der Waals surface area contributed by atoms with E-state index in [1.54, 1.807) is 19.3 Å². The van der Waals surface area contributed by atoms with Gasteiger partial charge >= 0.3 is 0 Å². The van der Waals surface area contributed by atoms with Gasteiger partial charge in [0.25, 0.3) is 0 Å². The first-order chi connectivity index (χ1) is 8.56. The highest BCUT2D eigenvalue weighted by Gasteiger charge is 2.14.